The van der Waals surface area contributed by atoms with Crippen LogP contribution in [0.3, 0.4) is 0 Å². The minimum Gasteiger partial charge on any atom is -0.381 e. The average Bonchev–Trinajstić information content (AvgIpc) is 3.10. The highest BCUT2D eigenvalue weighted by molar-refractivity contribution is 5.94. The first-order chi connectivity index (χ1) is 10.1. The van der Waals surface area contributed by atoms with Crippen LogP contribution < -0.4 is 0 Å². The first-order valence-electron chi connectivity index (χ1n) is 7.26. The Bertz CT molecular complexity index is 503. The van der Waals surface area contributed by atoms with E-state index in [4.69, 9.17) is 4.74 Å². The second-order valence-electron chi connectivity index (χ2n) is 5.07. The third kappa shape index (κ3) is 3.21. The summed E-state index contributed by atoms with van der Waals surface area (Å²) in [5, 5.41) is 10.6. The van der Waals surface area contributed by atoms with Crippen molar-refractivity contribution >= 4 is 11.6 Å². The minimum absolute atomic E-state index is 0.00300. The summed E-state index contributed by atoms with van der Waals surface area (Å²) in [5.41, 5.74) is 0.509. The molecule has 1 amide bonds. The molecule has 3 rings (SSSR count). The van der Waals surface area contributed by atoms with E-state index in [0.29, 0.717) is 17.4 Å². The fourth-order valence-electron chi connectivity index (χ4n) is 2.76. The number of nitro benzene ring substituents is 1. The highest BCUT2D eigenvalue weighted by Gasteiger charge is 2.39. The molecule has 0 aromatic heterocycles. The van der Waals surface area contributed by atoms with Gasteiger partial charge in [-0.15, -0.1) is 0 Å². The zero-order valence-corrected chi connectivity index (χ0v) is 12.3. The summed E-state index contributed by atoms with van der Waals surface area (Å²) < 4.78 is 5.37. The molecule has 0 aliphatic carbocycles. The summed E-state index contributed by atoms with van der Waals surface area (Å²) in [6.45, 7) is 6.91. The number of non-ortho nitro benzene ring substituents is 1. The zero-order valence-electron chi connectivity index (χ0n) is 12.3. The molecule has 6 nitrogen and oxygen atoms in total. The first-order valence-corrected chi connectivity index (χ1v) is 7.26. The summed E-state index contributed by atoms with van der Waals surface area (Å²) in [6.07, 6.45) is 0. The van der Waals surface area contributed by atoms with Crippen LogP contribution in [0.1, 0.15) is 24.2 Å². The molecule has 2 fully saturated rings. The maximum atomic E-state index is 12.3. The van der Waals surface area contributed by atoms with Crippen LogP contribution >= 0.6 is 0 Å². The van der Waals surface area contributed by atoms with Crippen LogP contribution in [-0.2, 0) is 4.74 Å². The van der Waals surface area contributed by atoms with E-state index >= 15 is 0 Å². The summed E-state index contributed by atoms with van der Waals surface area (Å²) in [4.78, 5) is 24.2. The van der Waals surface area contributed by atoms with Gasteiger partial charge in [0.25, 0.3) is 11.6 Å². The lowest BCUT2D eigenvalue weighted by Crippen LogP contribution is -2.30. The van der Waals surface area contributed by atoms with Crippen LogP contribution in [0.5, 0.6) is 0 Å². The molecule has 2 aliphatic heterocycles. The topological polar surface area (TPSA) is 72.7 Å². The van der Waals surface area contributed by atoms with Gasteiger partial charge in [0, 0.05) is 42.6 Å². The van der Waals surface area contributed by atoms with Crippen LogP contribution in [0.2, 0.25) is 0 Å². The highest BCUT2D eigenvalue weighted by atomic mass is 16.6. The maximum Gasteiger partial charge on any atom is 0.269 e. The fraction of sp³-hybridized carbons (Fsp3) is 0.533. The number of amides is 1. The second kappa shape index (κ2) is 6.67. The smallest absolute Gasteiger partial charge is 0.269 e. The Morgan fingerprint density at radius 3 is 2.19 bits per heavy atom. The highest BCUT2D eigenvalue weighted by Crippen LogP contribution is 2.30. The Hall–Kier alpha value is -1.95. The normalized spacial score (nSPS) is 23.2. The van der Waals surface area contributed by atoms with Gasteiger partial charge in [-0.2, -0.15) is 0 Å². The van der Waals surface area contributed by atoms with Gasteiger partial charge in [0.1, 0.15) is 0 Å². The van der Waals surface area contributed by atoms with Gasteiger partial charge in [-0.05, 0) is 12.1 Å². The molecule has 0 radical (unpaired) electrons. The lowest BCUT2D eigenvalue weighted by atomic mass is 10.0. The Morgan fingerprint density at radius 2 is 1.71 bits per heavy atom. The monoisotopic (exact) mass is 292 g/mol. The molecule has 1 aromatic rings. The molecular formula is C15H20N2O4. The van der Waals surface area contributed by atoms with E-state index in [1.165, 1.54) is 24.3 Å². The molecule has 0 N–H and O–H groups in total. The van der Waals surface area contributed by atoms with Gasteiger partial charge in [0.15, 0.2) is 0 Å². The predicted octanol–water partition coefficient (Wildman–Crippen LogP) is 2.34. The van der Waals surface area contributed by atoms with Crippen molar-refractivity contribution in [2.24, 2.45) is 11.8 Å². The van der Waals surface area contributed by atoms with Crippen molar-refractivity contribution in [3.63, 3.8) is 0 Å². The van der Waals surface area contributed by atoms with E-state index in [1.54, 1.807) is 0 Å². The van der Waals surface area contributed by atoms with Gasteiger partial charge in [0.05, 0.1) is 18.1 Å². The largest absolute Gasteiger partial charge is 0.381 e. The molecule has 2 aliphatic rings. The van der Waals surface area contributed by atoms with Gasteiger partial charge in [0.2, 0.25) is 0 Å². The number of ether oxygens (including phenoxy) is 1. The number of nitrogens with zero attached hydrogens (tertiary/aromatic N) is 2. The minimum atomic E-state index is -0.466. The lowest BCUT2D eigenvalue weighted by molar-refractivity contribution is -0.384. The van der Waals surface area contributed by atoms with E-state index < -0.39 is 4.92 Å². The van der Waals surface area contributed by atoms with Crippen LogP contribution in [-0.4, -0.2) is 42.0 Å². The van der Waals surface area contributed by atoms with Crippen molar-refractivity contribution in [2.45, 2.75) is 13.8 Å². The summed E-state index contributed by atoms with van der Waals surface area (Å²) in [5.74, 6) is 0.841. The maximum absolute atomic E-state index is 12.3. The third-order valence-electron chi connectivity index (χ3n) is 3.85. The molecule has 21 heavy (non-hydrogen) atoms. The quantitative estimate of drug-likeness (QED) is 0.619. The number of carbonyl (C=O) groups excluding carboxylic acids is 1. The number of hydrogen-bond acceptors (Lipinski definition) is 4. The molecule has 114 valence electrons. The standard InChI is InChI=1S/C13H14N2O4.C2H6/c16-13(9-1-3-12(4-2-9)15(17)18)14-5-10-7-19-8-11(10)6-14;1-2/h1-4,10-11H,5-8H2;1-2H3. The number of benzene rings is 1. The van der Waals surface area contributed by atoms with Gasteiger partial charge in [-0.1, -0.05) is 13.8 Å². The summed E-state index contributed by atoms with van der Waals surface area (Å²) in [7, 11) is 0. The van der Waals surface area contributed by atoms with Crippen molar-refractivity contribution in [1.82, 2.24) is 4.90 Å². The molecule has 2 saturated heterocycles. The molecule has 0 bridgehead atoms. The van der Waals surface area contributed by atoms with Crippen LogP contribution in [0.4, 0.5) is 5.69 Å². The number of rotatable bonds is 2. The molecule has 1 aromatic carbocycles. The van der Waals surface area contributed by atoms with E-state index in [2.05, 4.69) is 0 Å². The first kappa shape index (κ1) is 15.4. The number of likely N-dealkylation sites (tertiary alicyclic amines) is 1. The van der Waals surface area contributed by atoms with Gasteiger partial charge < -0.3 is 9.64 Å². The van der Waals surface area contributed by atoms with Gasteiger partial charge in [-0.3, -0.25) is 14.9 Å². The predicted molar refractivity (Wildman–Crippen MR) is 78.1 cm³/mol. The zero-order chi connectivity index (χ0) is 15.4. The second-order valence-corrected chi connectivity index (χ2v) is 5.07. The Labute approximate surface area is 123 Å². The van der Waals surface area contributed by atoms with E-state index in [1.807, 2.05) is 18.7 Å². The SMILES string of the molecule is CC.O=C(c1ccc([N+](=O)[O-])cc1)N1CC2COCC2C1. The van der Waals surface area contributed by atoms with Crippen molar-refractivity contribution in [1.29, 1.82) is 0 Å². The third-order valence-corrected chi connectivity index (χ3v) is 3.85. The van der Waals surface area contributed by atoms with E-state index in [-0.39, 0.29) is 11.6 Å². The van der Waals surface area contributed by atoms with Gasteiger partial charge in [-0.25, -0.2) is 0 Å². The van der Waals surface area contributed by atoms with Crippen LogP contribution in [0, 0.1) is 22.0 Å². The van der Waals surface area contributed by atoms with E-state index in [0.717, 1.165) is 26.3 Å². The van der Waals surface area contributed by atoms with Crippen molar-refractivity contribution in [3.8, 4) is 0 Å². The molecule has 2 unspecified atom stereocenters. The van der Waals surface area contributed by atoms with E-state index in [9.17, 15) is 14.9 Å². The average molecular weight is 292 g/mol. The van der Waals surface area contributed by atoms with Crippen molar-refractivity contribution < 1.29 is 14.5 Å². The van der Waals surface area contributed by atoms with Gasteiger partial charge >= 0.3 is 0 Å². The molecule has 2 atom stereocenters. The summed E-state index contributed by atoms with van der Waals surface area (Å²) in [6, 6.07) is 5.77. The molecule has 0 saturated carbocycles. The fourth-order valence-corrected chi connectivity index (χ4v) is 2.76. The number of hydrogen-bond donors (Lipinski definition) is 0. The number of nitro groups is 1. The van der Waals surface area contributed by atoms with Crippen molar-refractivity contribution in [2.75, 3.05) is 26.3 Å². The van der Waals surface area contributed by atoms with Crippen LogP contribution in [0.15, 0.2) is 24.3 Å². The number of carbonyl (C=O) groups is 1. The molecule has 2 heterocycles. The number of fused-ring (bicyclic) bond motifs is 1. The Balaban J connectivity index is 0.000000774. The van der Waals surface area contributed by atoms with Crippen LogP contribution in [0.25, 0.3) is 0 Å². The Kier molecular flexibility index (Phi) is 4.90. The lowest BCUT2D eigenvalue weighted by Gasteiger charge is -2.17. The molecule has 6 heteroatoms. The van der Waals surface area contributed by atoms with Crippen molar-refractivity contribution in [3.05, 3.63) is 39.9 Å². The molecular weight excluding hydrogens is 272 g/mol. The Morgan fingerprint density at radius 1 is 1.19 bits per heavy atom. The molecule has 0 spiro atoms. The summed E-state index contributed by atoms with van der Waals surface area (Å²) >= 11 is 0.